The van der Waals surface area contributed by atoms with Crippen LogP contribution in [0.1, 0.15) is 24.0 Å². The fourth-order valence-corrected chi connectivity index (χ4v) is 2.33. The van der Waals surface area contributed by atoms with Crippen molar-refractivity contribution in [1.82, 2.24) is 10.2 Å². The van der Waals surface area contributed by atoms with Crippen molar-refractivity contribution in [3.8, 4) is 0 Å². The molecule has 0 saturated carbocycles. The molecular formula is C15H22N2OS. The third-order valence-corrected chi connectivity index (χ3v) is 3.85. The Morgan fingerprint density at radius 1 is 1.42 bits per heavy atom. The summed E-state index contributed by atoms with van der Waals surface area (Å²) in [5.41, 5.74) is 2.56. The highest BCUT2D eigenvalue weighted by atomic mass is 32.1. The summed E-state index contributed by atoms with van der Waals surface area (Å²) in [6, 6.07) is 8.56. The number of rotatable bonds is 4. The molecule has 1 aliphatic heterocycles. The maximum atomic E-state index is 5.57. The smallest absolute Gasteiger partial charge is 0.169 e. The van der Waals surface area contributed by atoms with E-state index in [0.29, 0.717) is 6.10 Å². The quantitative estimate of drug-likeness (QED) is 0.855. The lowest BCUT2D eigenvalue weighted by Crippen LogP contribution is -2.40. The predicted octanol–water partition coefficient (Wildman–Crippen LogP) is 2.48. The molecule has 1 saturated heterocycles. The van der Waals surface area contributed by atoms with Gasteiger partial charge in [-0.25, -0.2) is 0 Å². The maximum absolute atomic E-state index is 5.57. The van der Waals surface area contributed by atoms with E-state index < -0.39 is 0 Å². The van der Waals surface area contributed by atoms with Gasteiger partial charge in [0.05, 0.1) is 6.10 Å². The number of nitrogens with one attached hydrogen (secondary N) is 1. The molecule has 0 spiro atoms. The van der Waals surface area contributed by atoms with E-state index in [1.165, 1.54) is 11.1 Å². The molecule has 19 heavy (non-hydrogen) atoms. The Morgan fingerprint density at radius 3 is 2.79 bits per heavy atom. The van der Waals surface area contributed by atoms with Gasteiger partial charge in [-0.1, -0.05) is 29.8 Å². The Balaban J connectivity index is 1.76. The molecule has 1 N–H and O–H groups in total. The van der Waals surface area contributed by atoms with E-state index >= 15 is 0 Å². The second-order valence-corrected chi connectivity index (χ2v) is 5.55. The average molecular weight is 278 g/mol. The normalized spacial score (nSPS) is 18.3. The summed E-state index contributed by atoms with van der Waals surface area (Å²) < 4.78 is 5.57. The average Bonchev–Trinajstić information content (AvgIpc) is 2.91. The van der Waals surface area contributed by atoms with Crippen LogP contribution < -0.4 is 5.32 Å². The minimum absolute atomic E-state index is 0.325. The third-order valence-electron chi connectivity index (χ3n) is 3.39. The third kappa shape index (κ3) is 4.48. The van der Waals surface area contributed by atoms with Crippen LogP contribution in [0.5, 0.6) is 0 Å². The van der Waals surface area contributed by atoms with Gasteiger partial charge in [-0.3, -0.25) is 0 Å². The first-order chi connectivity index (χ1) is 9.15. The van der Waals surface area contributed by atoms with Gasteiger partial charge in [0.1, 0.15) is 0 Å². The van der Waals surface area contributed by atoms with E-state index in [0.717, 1.165) is 37.7 Å². The molecule has 2 rings (SSSR count). The van der Waals surface area contributed by atoms with Gasteiger partial charge in [0, 0.05) is 26.7 Å². The predicted molar refractivity (Wildman–Crippen MR) is 82.2 cm³/mol. The molecule has 4 heteroatoms. The number of nitrogens with zero attached hydrogens (tertiary/aromatic N) is 1. The van der Waals surface area contributed by atoms with Gasteiger partial charge < -0.3 is 15.0 Å². The highest BCUT2D eigenvalue weighted by molar-refractivity contribution is 7.80. The number of hydrogen-bond donors (Lipinski definition) is 1. The summed E-state index contributed by atoms with van der Waals surface area (Å²) in [4.78, 5) is 2.06. The summed E-state index contributed by atoms with van der Waals surface area (Å²) in [5, 5.41) is 4.08. The maximum Gasteiger partial charge on any atom is 0.169 e. The first-order valence-electron chi connectivity index (χ1n) is 6.81. The first kappa shape index (κ1) is 14.3. The second kappa shape index (κ2) is 6.87. The van der Waals surface area contributed by atoms with Crippen molar-refractivity contribution >= 4 is 17.3 Å². The van der Waals surface area contributed by atoms with Crippen molar-refractivity contribution in [2.45, 2.75) is 32.4 Å². The molecule has 0 bridgehead atoms. The van der Waals surface area contributed by atoms with Gasteiger partial charge in [0.25, 0.3) is 0 Å². The van der Waals surface area contributed by atoms with Crippen molar-refractivity contribution < 1.29 is 4.74 Å². The molecule has 0 aliphatic carbocycles. The number of ether oxygens (including phenoxy) is 1. The van der Waals surface area contributed by atoms with Crippen LogP contribution in [0.3, 0.4) is 0 Å². The molecule has 0 radical (unpaired) electrons. The van der Waals surface area contributed by atoms with Gasteiger partial charge in [-0.05, 0) is 37.5 Å². The van der Waals surface area contributed by atoms with Crippen molar-refractivity contribution in [3.63, 3.8) is 0 Å². The monoisotopic (exact) mass is 278 g/mol. The lowest BCUT2D eigenvalue weighted by Gasteiger charge is -2.22. The Morgan fingerprint density at radius 2 is 2.16 bits per heavy atom. The molecule has 0 unspecified atom stereocenters. The van der Waals surface area contributed by atoms with E-state index in [9.17, 15) is 0 Å². The molecule has 1 aromatic carbocycles. The van der Waals surface area contributed by atoms with Gasteiger partial charge >= 0.3 is 0 Å². The largest absolute Gasteiger partial charge is 0.376 e. The van der Waals surface area contributed by atoms with E-state index in [1.807, 2.05) is 7.05 Å². The molecule has 0 aromatic heterocycles. The molecule has 1 fully saturated rings. The Labute approximate surface area is 120 Å². The molecule has 1 atom stereocenters. The van der Waals surface area contributed by atoms with E-state index in [1.54, 1.807) is 0 Å². The zero-order valence-corrected chi connectivity index (χ0v) is 12.5. The number of benzene rings is 1. The summed E-state index contributed by atoms with van der Waals surface area (Å²) in [6.07, 6.45) is 2.63. The zero-order chi connectivity index (χ0) is 13.7. The Hall–Kier alpha value is -1.13. The minimum atomic E-state index is 0.325. The van der Waals surface area contributed by atoms with E-state index in [4.69, 9.17) is 17.0 Å². The number of hydrogen-bond acceptors (Lipinski definition) is 2. The van der Waals surface area contributed by atoms with Crippen LogP contribution in [-0.2, 0) is 11.3 Å². The first-order valence-corrected chi connectivity index (χ1v) is 7.22. The van der Waals surface area contributed by atoms with Crippen molar-refractivity contribution in [3.05, 3.63) is 35.4 Å². The summed E-state index contributed by atoms with van der Waals surface area (Å²) in [6.45, 7) is 4.63. The molecular weight excluding hydrogens is 256 g/mol. The number of thiocarbonyl (C=S) groups is 1. The van der Waals surface area contributed by atoms with Crippen LogP contribution in [0.15, 0.2) is 24.3 Å². The highest BCUT2D eigenvalue weighted by Crippen LogP contribution is 2.11. The SMILES string of the molecule is Cc1ccc(CN(C)C(=S)NC[C@@H]2CCCO2)cc1. The Bertz CT molecular complexity index is 413. The molecule has 0 amide bonds. The minimum Gasteiger partial charge on any atom is -0.376 e. The van der Waals surface area contributed by atoms with Crippen LogP contribution in [0, 0.1) is 6.92 Å². The molecule has 104 valence electrons. The van der Waals surface area contributed by atoms with E-state index in [-0.39, 0.29) is 0 Å². The van der Waals surface area contributed by atoms with Crippen molar-refractivity contribution in [1.29, 1.82) is 0 Å². The van der Waals surface area contributed by atoms with Gasteiger partial charge in [-0.2, -0.15) is 0 Å². The molecule has 1 heterocycles. The van der Waals surface area contributed by atoms with E-state index in [2.05, 4.69) is 41.4 Å². The summed E-state index contributed by atoms with van der Waals surface area (Å²) in [7, 11) is 2.02. The fraction of sp³-hybridized carbons (Fsp3) is 0.533. The van der Waals surface area contributed by atoms with Gasteiger partial charge in [0.2, 0.25) is 0 Å². The van der Waals surface area contributed by atoms with Crippen LogP contribution in [-0.4, -0.2) is 36.3 Å². The lowest BCUT2D eigenvalue weighted by molar-refractivity contribution is 0.113. The summed E-state index contributed by atoms with van der Waals surface area (Å²) in [5.74, 6) is 0. The van der Waals surface area contributed by atoms with Gasteiger partial charge in [0.15, 0.2) is 5.11 Å². The Kier molecular flexibility index (Phi) is 5.16. The standard InChI is InChI=1S/C15H22N2OS/c1-12-5-7-13(8-6-12)11-17(2)15(19)16-10-14-4-3-9-18-14/h5-8,14H,3-4,9-11H2,1-2H3,(H,16,19)/t14-/m0/s1. The van der Waals surface area contributed by atoms with Crippen molar-refractivity contribution in [2.75, 3.05) is 20.2 Å². The lowest BCUT2D eigenvalue weighted by atomic mass is 10.1. The van der Waals surface area contributed by atoms with Crippen LogP contribution in [0.25, 0.3) is 0 Å². The van der Waals surface area contributed by atoms with Crippen LogP contribution in [0.4, 0.5) is 0 Å². The number of aryl methyl sites for hydroxylation is 1. The second-order valence-electron chi connectivity index (χ2n) is 5.16. The zero-order valence-electron chi connectivity index (χ0n) is 11.7. The summed E-state index contributed by atoms with van der Waals surface area (Å²) >= 11 is 5.40. The van der Waals surface area contributed by atoms with Crippen molar-refractivity contribution in [2.24, 2.45) is 0 Å². The fourth-order valence-electron chi connectivity index (χ4n) is 2.18. The molecule has 1 aliphatic rings. The molecule has 1 aromatic rings. The highest BCUT2D eigenvalue weighted by Gasteiger charge is 2.16. The van der Waals surface area contributed by atoms with Crippen LogP contribution >= 0.6 is 12.2 Å². The van der Waals surface area contributed by atoms with Crippen LogP contribution in [0.2, 0.25) is 0 Å². The van der Waals surface area contributed by atoms with Gasteiger partial charge in [-0.15, -0.1) is 0 Å². The topological polar surface area (TPSA) is 24.5 Å². The molecule has 3 nitrogen and oxygen atoms in total.